The minimum Gasteiger partial charge on any atom is -0.424 e. The van der Waals surface area contributed by atoms with Gasteiger partial charge in [-0.1, -0.05) is 58.8 Å². The SMILES string of the molecule is CCCCCCCCCOP(=O)(CCCC)Oc1ccc([N+](=O)[O-])cc1. The lowest BCUT2D eigenvalue weighted by Crippen LogP contribution is -2.04. The zero-order valence-corrected chi connectivity index (χ0v) is 16.9. The summed E-state index contributed by atoms with van der Waals surface area (Å²) in [6.07, 6.45) is 10.1. The molecule has 0 aliphatic rings. The van der Waals surface area contributed by atoms with Gasteiger partial charge in [0.05, 0.1) is 17.7 Å². The summed E-state index contributed by atoms with van der Waals surface area (Å²) in [4.78, 5) is 10.2. The molecule has 0 N–H and O–H groups in total. The van der Waals surface area contributed by atoms with E-state index in [4.69, 9.17) is 9.05 Å². The Kier molecular flexibility index (Phi) is 11.2. The van der Waals surface area contributed by atoms with Crippen molar-refractivity contribution in [2.75, 3.05) is 12.8 Å². The maximum absolute atomic E-state index is 13.0. The molecule has 0 aromatic heterocycles. The second-order valence-corrected chi connectivity index (χ2v) is 8.59. The molecule has 148 valence electrons. The molecule has 0 saturated heterocycles. The Morgan fingerprint density at radius 3 is 2.08 bits per heavy atom. The molecule has 6 nitrogen and oxygen atoms in total. The third kappa shape index (κ3) is 9.35. The summed E-state index contributed by atoms with van der Waals surface area (Å²) in [6, 6.07) is 5.62. The van der Waals surface area contributed by atoms with Gasteiger partial charge in [0.15, 0.2) is 0 Å². The van der Waals surface area contributed by atoms with E-state index in [0.29, 0.717) is 18.5 Å². The number of nitro groups is 1. The van der Waals surface area contributed by atoms with Crippen LogP contribution in [0.25, 0.3) is 0 Å². The maximum Gasteiger partial charge on any atom is 0.379 e. The lowest BCUT2D eigenvalue weighted by atomic mass is 10.1. The van der Waals surface area contributed by atoms with Gasteiger partial charge in [-0.15, -0.1) is 0 Å². The highest BCUT2D eigenvalue weighted by Crippen LogP contribution is 2.49. The van der Waals surface area contributed by atoms with Gasteiger partial charge in [0, 0.05) is 12.1 Å². The van der Waals surface area contributed by atoms with E-state index >= 15 is 0 Å². The van der Waals surface area contributed by atoms with Crippen molar-refractivity contribution in [3.63, 3.8) is 0 Å². The van der Waals surface area contributed by atoms with Crippen LogP contribution in [0.15, 0.2) is 24.3 Å². The molecule has 1 rings (SSSR count). The van der Waals surface area contributed by atoms with Crippen molar-refractivity contribution in [3.05, 3.63) is 34.4 Å². The topological polar surface area (TPSA) is 78.7 Å². The number of non-ortho nitro benzene ring substituents is 1. The zero-order chi connectivity index (χ0) is 19.3. The van der Waals surface area contributed by atoms with Crippen LogP contribution in [0.5, 0.6) is 5.75 Å². The lowest BCUT2D eigenvalue weighted by molar-refractivity contribution is -0.384. The second-order valence-electron chi connectivity index (χ2n) is 6.48. The van der Waals surface area contributed by atoms with Crippen molar-refractivity contribution in [2.24, 2.45) is 0 Å². The minimum atomic E-state index is -3.23. The number of rotatable bonds is 15. The van der Waals surface area contributed by atoms with Crippen molar-refractivity contribution in [2.45, 2.75) is 71.6 Å². The van der Waals surface area contributed by atoms with E-state index in [1.165, 1.54) is 56.4 Å². The second kappa shape index (κ2) is 12.9. The molecule has 0 spiro atoms. The molecule has 1 aromatic carbocycles. The van der Waals surface area contributed by atoms with Crippen molar-refractivity contribution in [1.82, 2.24) is 0 Å². The summed E-state index contributed by atoms with van der Waals surface area (Å²) in [6.45, 7) is 4.64. The van der Waals surface area contributed by atoms with Crippen molar-refractivity contribution in [1.29, 1.82) is 0 Å². The molecule has 26 heavy (non-hydrogen) atoms. The van der Waals surface area contributed by atoms with Crippen LogP contribution in [0.4, 0.5) is 5.69 Å². The molecular weight excluding hydrogens is 353 g/mol. The Morgan fingerprint density at radius 2 is 1.50 bits per heavy atom. The van der Waals surface area contributed by atoms with Crippen LogP contribution >= 0.6 is 7.60 Å². The molecule has 1 atom stereocenters. The van der Waals surface area contributed by atoms with Gasteiger partial charge >= 0.3 is 7.60 Å². The van der Waals surface area contributed by atoms with Crippen LogP contribution in [-0.2, 0) is 9.09 Å². The lowest BCUT2D eigenvalue weighted by Gasteiger charge is -2.19. The first-order chi connectivity index (χ1) is 12.5. The molecule has 0 saturated carbocycles. The minimum absolute atomic E-state index is 0.0234. The predicted molar refractivity (Wildman–Crippen MR) is 105 cm³/mol. The van der Waals surface area contributed by atoms with Crippen LogP contribution in [0, 0.1) is 10.1 Å². The van der Waals surface area contributed by atoms with Crippen LogP contribution in [0.2, 0.25) is 0 Å². The highest BCUT2D eigenvalue weighted by molar-refractivity contribution is 7.54. The first-order valence-electron chi connectivity index (χ1n) is 9.68. The largest absolute Gasteiger partial charge is 0.424 e. The molecule has 7 heteroatoms. The smallest absolute Gasteiger partial charge is 0.379 e. The normalized spacial score (nSPS) is 13.3. The van der Waals surface area contributed by atoms with E-state index in [2.05, 4.69) is 6.92 Å². The number of nitro benzene ring substituents is 1. The average molecular weight is 385 g/mol. The molecular formula is C19H32NO5P. The Hall–Kier alpha value is -1.39. The third-order valence-electron chi connectivity index (χ3n) is 4.11. The fourth-order valence-corrected chi connectivity index (χ4v) is 4.37. The van der Waals surface area contributed by atoms with Crippen molar-refractivity contribution in [3.8, 4) is 5.75 Å². The van der Waals surface area contributed by atoms with Gasteiger partial charge in [-0.05, 0) is 25.0 Å². The first-order valence-corrected chi connectivity index (χ1v) is 11.4. The van der Waals surface area contributed by atoms with Crippen molar-refractivity contribution >= 4 is 13.3 Å². The Labute approximate surface area is 157 Å². The fourth-order valence-electron chi connectivity index (χ4n) is 2.54. The van der Waals surface area contributed by atoms with Crippen LogP contribution in [0.1, 0.15) is 71.6 Å². The van der Waals surface area contributed by atoms with Gasteiger partial charge in [0.25, 0.3) is 5.69 Å². The van der Waals surface area contributed by atoms with Crippen LogP contribution in [-0.4, -0.2) is 17.7 Å². The number of hydrogen-bond acceptors (Lipinski definition) is 5. The zero-order valence-electron chi connectivity index (χ0n) is 16.0. The third-order valence-corrected chi connectivity index (χ3v) is 6.04. The van der Waals surface area contributed by atoms with Gasteiger partial charge in [-0.3, -0.25) is 14.6 Å². The van der Waals surface area contributed by atoms with E-state index in [-0.39, 0.29) is 5.69 Å². The summed E-state index contributed by atoms with van der Waals surface area (Å²) in [5.74, 6) is 0.342. The molecule has 0 radical (unpaired) electrons. The molecule has 1 aromatic rings. The molecule has 0 aliphatic carbocycles. The van der Waals surface area contributed by atoms with E-state index < -0.39 is 12.5 Å². The molecule has 0 heterocycles. The standard InChI is InChI=1S/C19H32NO5P/c1-3-5-7-8-9-10-11-16-24-26(23,17-6-4-2)25-19-14-12-18(13-15-19)20(21)22/h12-15H,3-11,16-17H2,1-2H3. The summed E-state index contributed by atoms with van der Waals surface area (Å²) in [5, 5.41) is 10.7. The van der Waals surface area contributed by atoms with E-state index in [0.717, 1.165) is 25.7 Å². The molecule has 0 aliphatic heterocycles. The van der Waals surface area contributed by atoms with Gasteiger partial charge in [0.2, 0.25) is 0 Å². The van der Waals surface area contributed by atoms with Gasteiger partial charge in [-0.25, -0.2) is 4.57 Å². The van der Waals surface area contributed by atoms with Crippen LogP contribution < -0.4 is 4.52 Å². The molecule has 1 unspecified atom stereocenters. The predicted octanol–water partition coefficient (Wildman–Crippen LogP) is 6.73. The van der Waals surface area contributed by atoms with Gasteiger partial charge in [-0.2, -0.15) is 0 Å². The molecule has 0 amide bonds. The number of unbranched alkanes of at least 4 members (excludes halogenated alkanes) is 7. The number of benzene rings is 1. The fraction of sp³-hybridized carbons (Fsp3) is 0.684. The average Bonchev–Trinajstić information content (AvgIpc) is 2.63. The van der Waals surface area contributed by atoms with E-state index in [1.807, 2.05) is 6.92 Å². The quantitative estimate of drug-likeness (QED) is 0.145. The van der Waals surface area contributed by atoms with E-state index in [1.54, 1.807) is 0 Å². The summed E-state index contributed by atoms with van der Waals surface area (Å²) in [7, 11) is -3.23. The van der Waals surface area contributed by atoms with Gasteiger partial charge < -0.3 is 4.52 Å². The highest BCUT2D eigenvalue weighted by atomic mass is 31.2. The monoisotopic (exact) mass is 385 g/mol. The Morgan fingerprint density at radius 1 is 0.923 bits per heavy atom. The maximum atomic E-state index is 13.0. The molecule has 0 bridgehead atoms. The van der Waals surface area contributed by atoms with E-state index in [9.17, 15) is 14.7 Å². The summed E-state index contributed by atoms with van der Waals surface area (Å²) in [5.41, 5.74) is -0.0234. The highest BCUT2D eigenvalue weighted by Gasteiger charge is 2.25. The number of nitrogens with zero attached hydrogens (tertiary/aromatic N) is 1. The van der Waals surface area contributed by atoms with Crippen molar-refractivity contribution < 1.29 is 18.5 Å². The first kappa shape index (κ1) is 22.7. The van der Waals surface area contributed by atoms with Crippen LogP contribution in [0.3, 0.4) is 0 Å². The molecule has 0 fully saturated rings. The summed E-state index contributed by atoms with van der Waals surface area (Å²) >= 11 is 0. The Balaban J connectivity index is 2.47. The van der Waals surface area contributed by atoms with Gasteiger partial charge in [0.1, 0.15) is 5.75 Å². The number of hydrogen-bond donors (Lipinski definition) is 0. The summed E-state index contributed by atoms with van der Waals surface area (Å²) < 4.78 is 24.2. The Bertz CT molecular complexity index is 562.